The van der Waals surface area contributed by atoms with E-state index >= 15 is 0 Å². The second kappa shape index (κ2) is 11.8. The third-order valence-corrected chi connectivity index (χ3v) is 5.23. The number of nitrogens with one attached hydrogen (secondary N) is 4. The number of carbonyl (C=O) groups excluding carboxylic acids is 1. The Labute approximate surface area is 187 Å². The molecule has 9 nitrogen and oxygen atoms in total. The lowest BCUT2D eigenvalue weighted by Gasteiger charge is -2.15. The molecule has 1 amide bonds. The third kappa shape index (κ3) is 7.07. The first-order valence-electron chi connectivity index (χ1n) is 10.7. The van der Waals surface area contributed by atoms with Gasteiger partial charge in [0.15, 0.2) is 0 Å². The SMILES string of the molecule is Cn1cccc1CNCCC[C@H](NC(=O)c1ccc(CNCc2ccn[nH]2)cc1)C(=O)O. The number of benzene rings is 1. The molecule has 3 rings (SSSR count). The maximum absolute atomic E-state index is 12.5. The highest BCUT2D eigenvalue weighted by Gasteiger charge is 2.20. The van der Waals surface area contributed by atoms with Crippen LogP contribution in [0.5, 0.6) is 0 Å². The molecule has 32 heavy (non-hydrogen) atoms. The molecule has 1 aromatic carbocycles. The van der Waals surface area contributed by atoms with Crippen LogP contribution >= 0.6 is 0 Å². The number of rotatable bonds is 13. The highest BCUT2D eigenvalue weighted by atomic mass is 16.4. The van der Waals surface area contributed by atoms with Crippen molar-refractivity contribution in [3.05, 3.63) is 77.4 Å². The number of hydrogen-bond acceptors (Lipinski definition) is 5. The van der Waals surface area contributed by atoms with Crippen LogP contribution in [0.1, 0.15) is 40.2 Å². The van der Waals surface area contributed by atoms with Gasteiger partial charge in [-0.25, -0.2) is 4.79 Å². The molecule has 1 atom stereocenters. The van der Waals surface area contributed by atoms with Crippen LogP contribution in [-0.4, -0.2) is 44.3 Å². The van der Waals surface area contributed by atoms with Crippen LogP contribution in [0.15, 0.2) is 54.9 Å². The first-order valence-corrected chi connectivity index (χ1v) is 10.7. The average Bonchev–Trinajstić information content (AvgIpc) is 3.45. The molecule has 0 saturated carbocycles. The molecule has 0 aliphatic heterocycles. The minimum atomic E-state index is -1.03. The Hall–Kier alpha value is -3.43. The number of carboxylic acids is 1. The number of carboxylic acid groups (broad SMARTS) is 1. The van der Waals surface area contributed by atoms with Crippen molar-refractivity contribution in [2.75, 3.05) is 6.54 Å². The van der Waals surface area contributed by atoms with E-state index in [2.05, 4.69) is 26.1 Å². The zero-order valence-electron chi connectivity index (χ0n) is 18.2. The van der Waals surface area contributed by atoms with Gasteiger partial charge in [0, 0.05) is 56.0 Å². The molecule has 0 radical (unpaired) electrons. The van der Waals surface area contributed by atoms with E-state index in [4.69, 9.17) is 0 Å². The molecule has 2 heterocycles. The topological polar surface area (TPSA) is 124 Å². The van der Waals surface area contributed by atoms with E-state index in [1.165, 1.54) is 0 Å². The summed E-state index contributed by atoms with van der Waals surface area (Å²) in [7, 11) is 1.98. The molecule has 0 saturated heterocycles. The molecule has 0 unspecified atom stereocenters. The fourth-order valence-electron chi connectivity index (χ4n) is 3.33. The van der Waals surface area contributed by atoms with Gasteiger partial charge in [0.25, 0.3) is 5.91 Å². The summed E-state index contributed by atoms with van der Waals surface area (Å²) in [6.07, 6.45) is 4.69. The minimum Gasteiger partial charge on any atom is -0.480 e. The Kier molecular flexibility index (Phi) is 8.59. The fourth-order valence-corrected chi connectivity index (χ4v) is 3.33. The Bertz CT molecular complexity index is 982. The summed E-state index contributed by atoms with van der Waals surface area (Å²) in [6, 6.07) is 12.1. The van der Waals surface area contributed by atoms with E-state index in [-0.39, 0.29) is 5.91 Å². The van der Waals surface area contributed by atoms with Crippen LogP contribution in [0.3, 0.4) is 0 Å². The average molecular weight is 439 g/mol. The maximum Gasteiger partial charge on any atom is 0.326 e. The Morgan fingerprint density at radius 2 is 1.91 bits per heavy atom. The molecule has 5 N–H and O–H groups in total. The Morgan fingerprint density at radius 1 is 1.09 bits per heavy atom. The van der Waals surface area contributed by atoms with Gasteiger partial charge in [-0.2, -0.15) is 5.10 Å². The van der Waals surface area contributed by atoms with E-state index in [9.17, 15) is 14.7 Å². The van der Waals surface area contributed by atoms with Gasteiger partial charge in [0.1, 0.15) is 6.04 Å². The molecule has 0 aliphatic carbocycles. The molecule has 0 fully saturated rings. The second-order valence-corrected chi connectivity index (χ2v) is 7.68. The monoisotopic (exact) mass is 438 g/mol. The highest BCUT2D eigenvalue weighted by Crippen LogP contribution is 2.07. The number of carbonyl (C=O) groups is 2. The van der Waals surface area contributed by atoms with Crippen LogP contribution in [0, 0.1) is 0 Å². The third-order valence-electron chi connectivity index (χ3n) is 5.23. The summed E-state index contributed by atoms with van der Waals surface area (Å²) in [5.41, 5.74) is 3.62. The standard InChI is InChI=1S/C23H30N6O3/c1-29-13-3-4-20(29)16-24-11-2-5-21(23(31)32)27-22(30)18-8-6-17(7-9-18)14-25-15-19-10-12-26-28-19/h3-4,6-10,12-13,21,24-25H,2,5,11,14-16H2,1H3,(H,26,28)(H,27,30)(H,31,32)/t21-/m0/s1. The van der Waals surface area contributed by atoms with Crippen molar-refractivity contribution in [2.24, 2.45) is 7.05 Å². The fraction of sp³-hybridized carbons (Fsp3) is 0.348. The number of aryl methyl sites for hydroxylation is 1. The van der Waals surface area contributed by atoms with Crippen LogP contribution in [-0.2, 0) is 31.5 Å². The van der Waals surface area contributed by atoms with Gasteiger partial charge in [-0.1, -0.05) is 12.1 Å². The van der Waals surface area contributed by atoms with E-state index < -0.39 is 12.0 Å². The molecule has 0 bridgehead atoms. The summed E-state index contributed by atoms with van der Waals surface area (Å²) >= 11 is 0. The highest BCUT2D eigenvalue weighted by molar-refractivity contribution is 5.96. The normalized spacial score (nSPS) is 11.9. The molecular weight excluding hydrogens is 408 g/mol. The van der Waals surface area contributed by atoms with E-state index in [1.54, 1.807) is 18.3 Å². The molecule has 2 aromatic heterocycles. The number of aliphatic carboxylic acids is 1. The molecule has 0 aliphatic rings. The predicted molar refractivity (Wildman–Crippen MR) is 121 cm³/mol. The van der Waals surface area contributed by atoms with E-state index in [0.717, 1.165) is 23.5 Å². The van der Waals surface area contributed by atoms with Crippen molar-refractivity contribution in [1.82, 2.24) is 30.7 Å². The van der Waals surface area contributed by atoms with Gasteiger partial charge in [0.05, 0.1) is 0 Å². The van der Waals surface area contributed by atoms with Crippen molar-refractivity contribution < 1.29 is 14.7 Å². The number of aromatic nitrogens is 3. The van der Waals surface area contributed by atoms with Crippen LogP contribution in [0.25, 0.3) is 0 Å². The number of hydrogen-bond donors (Lipinski definition) is 5. The van der Waals surface area contributed by atoms with Gasteiger partial charge < -0.3 is 25.6 Å². The van der Waals surface area contributed by atoms with Crippen molar-refractivity contribution >= 4 is 11.9 Å². The number of nitrogens with zero attached hydrogens (tertiary/aromatic N) is 2. The zero-order valence-corrected chi connectivity index (χ0v) is 18.2. The van der Waals surface area contributed by atoms with Crippen LogP contribution in [0.2, 0.25) is 0 Å². The van der Waals surface area contributed by atoms with Crippen LogP contribution < -0.4 is 16.0 Å². The maximum atomic E-state index is 12.5. The number of aromatic amines is 1. The second-order valence-electron chi connectivity index (χ2n) is 7.68. The van der Waals surface area contributed by atoms with Crippen LogP contribution in [0.4, 0.5) is 0 Å². The summed E-state index contributed by atoms with van der Waals surface area (Å²) in [4.78, 5) is 24.1. The first-order chi connectivity index (χ1) is 15.5. The molecule has 0 spiro atoms. The Balaban J connectivity index is 1.40. The van der Waals surface area contributed by atoms with Crippen molar-refractivity contribution in [3.8, 4) is 0 Å². The van der Waals surface area contributed by atoms with Gasteiger partial charge in [-0.05, 0) is 55.3 Å². The number of amides is 1. The van der Waals surface area contributed by atoms with Crippen molar-refractivity contribution in [2.45, 2.75) is 38.5 Å². The quantitative estimate of drug-likeness (QED) is 0.259. The summed E-state index contributed by atoms with van der Waals surface area (Å²) in [6.45, 7) is 2.71. The lowest BCUT2D eigenvalue weighted by molar-refractivity contribution is -0.139. The molecule has 3 aromatic rings. The first kappa shape index (κ1) is 23.2. The summed E-state index contributed by atoms with van der Waals surface area (Å²) < 4.78 is 2.04. The lowest BCUT2D eigenvalue weighted by Crippen LogP contribution is -2.41. The summed E-state index contributed by atoms with van der Waals surface area (Å²) in [5.74, 6) is -1.41. The Morgan fingerprint density at radius 3 is 2.56 bits per heavy atom. The number of H-pyrrole nitrogens is 1. The van der Waals surface area contributed by atoms with Gasteiger partial charge in [-0.3, -0.25) is 9.89 Å². The molecule has 170 valence electrons. The minimum absolute atomic E-state index is 0.358. The smallest absolute Gasteiger partial charge is 0.326 e. The molecule has 9 heteroatoms. The van der Waals surface area contributed by atoms with Gasteiger partial charge in [-0.15, -0.1) is 0 Å². The van der Waals surface area contributed by atoms with Gasteiger partial charge in [0.2, 0.25) is 0 Å². The molecular formula is C23H30N6O3. The van der Waals surface area contributed by atoms with Crippen molar-refractivity contribution in [1.29, 1.82) is 0 Å². The van der Waals surface area contributed by atoms with Gasteiger partial charge >= 0.3 is 5.97 Å². The largest absolute Gasteiger partial charge is 0.480 e. The zero-order chi connectivity index (χ0) is 22.8. The predicted octanol–water partition coefficient (Wildman–Crippen LogP) is 1.79. The van der Waals surface area contributed by atoms with E-state index in [0.29, 0.717) is 38.0 Å². The summed E-state index contributed by atoms with van der Waals surface area (Å²) in [5, 5.41) is 25.5. The van der Waals surface area contributed by atoms with E-state index in [1.807, 2.05) is 48.1 Å². The van der Waals surface area contributed by atoms with Crippen molar-refractivity contribution in [3.63, 3.8) is 0 Å². The lowest BCUT2D eigenvalue weighted by atomic mass is 10.1.